The number of thiophene rings is 1. The van der Waals surface area contributed by atoms with E-state index in [-0.39, 0.29) is 0 Å². The number of hydrogen-bond donors (Lipinski definition) is 1. The van der Waals surface area contributed by atoms with Gasteiger partial charge in [-0.15, -0.1) is 11.3 Å². The first-order valence-corrected chi connectivity index (χ1v) is 8.80. The molecule has 3 heterocycles. The lowest BCUT2D eigenvalue weighted by atomic mass is 10.1. The van der Waals surface area contributed by atoms with Gasteiger partial charge in [0.15, 0.2) is 0 Å². The third-order valence-corrected chi connectivity index (χ3v) is 6.32. The quantitative estimate of drug-likeness (QED) is 0.744. The topological polar surface area (TPSA) is 55.0 Å². The fraction of sp³-hybridized carbons (Fsp3) is 0.250. The monoisotopic (exact) mass is 374 g/mol. The van der Waals surface area contributed by atoms with Crippen molar-refractivity contribution in [2.24, 2.45) is 0 Å². The molecule has 2 N–H and O–H groups in total. The fourth-order valence-corrected chi connectivity index (χ4v) is 4.88. The molecule has 1 aromatic carbocycles. The van der Waals surface area contributed by atoms with E-state index < -0.39 is 0 Å². The van der Waals surface area contributed by atoms with E-state index in [0.717, 1.165) is 31.7 Å². The average Bonchev–Trinajstić information content (AvgIpc) is 2.84. The summed E-state index contributed by atoms with van der Waals surface area (Å²) in [4.78, 5) is 12.3. The van der Waals surface area contributed by atoms with Crippen LogP contribution in [0.25, 0.3) is 10.1 Å². The summed E-state index contributed by atoms with van der Waals surface area (Å²) in [6.07, 6.45) is 2.80. The Labute approximate surface area is 141 Å². The van der Waals surface area contributed by atoms with Crippen LogP contribution >= 0.6 is 27.3 Å². The van der Waals surface area contributed by atoms with Gasteiger partial charge in [-0.3, -0.25) is 4.90 Å². The number of hydrogen-bond acceptors (Lipinski definition) is 5. The zero-order valence-electron chi connectivity index (χ0n) is 11.9. The van der Waals surface area contributed by atoms with E-state index in [1.54, 1.807) is 0 Å². The van der Waals surface area contributed by atoms with Gasteiger partial charge in [-0.2, -0.15) is 0 Å². The summed E-state index contributed by atoms with van der Waals surface area (Å²) in [7, 11) is 0. The lowest BCUT2D eigenvalue weighted by Crippen LogP contribution is -2.30. The first-order chi connectivity index (χ1) is 10.7. The molecule has 112 valence electrons. The zero-order chi connectivity index (χ0) is 15.1. The van der Waals surface area contributed by atoms with Crippen LogP contribution in [0.5, 0.6) is 0 Å². The lowest BCUT2D eigenvalue weighted by Gasteiger charge is -2.27. The molecular weight excluding hydrogens is 360 g/mol. The van der Waals surface area contributed by atoms with Crippen molar-refractivity contribution in [3.63, 3.8) is 0 Å². The Morgan fingerprint density at radius 1 is 1.32 bits per heavy atom. The third kappa shape index (κ3) is 2.51. The van der Waals surface area contributed by atoms with Crippen LogP contribution in [0.2, 0.25) is 0 Å². The van der Waals surface area contributed by atoms with Gasteiger partial charge in [0.05, 0.1) is 5.69 Å². The van der Waals surface area contributed by atoms with Crippen molar-refractivity contribution in [1.29, 1.82) is 0 Å². The van der Waals surface area contributed by atoms with Crippen molar-refractivity contribution in [3.05, 3.63) is 51.1 Å². The molecular formula is C16H15BrN4S. The van der Waals surface area contributed by atoms with Gasteiger partial charge in [-0.1, -0.05) is 18.2 Å². The van der Waals surface area contributed by atoms with Gasteiger partial charge in [0.2, 0.25) is 5.95 Å². The van der Waals surface area contributed by atoms with E-state index in [1.807, 2.05) is 17.5 Å². The highest BCUT2D eigenvalue weighted by Crippen LogP contribution is 2.36. The molecule has 0 spiro atoms. The number of aromatic nitrogens is 2. The maximum atomic E-state index is 5.66. The highest BCUT2D eigenvalue weighted by Gasteiger charge is 2.20. The molecule has 0 saturated carbocycles. The van der Waals surface area contributed by atoms with Crippen LogP contribution in [0.1, 0.15) is 16.1 Å². The van der Waals surface area contributed by atoms with Gasteiger partial charge < -0.3 is 5.73 Å². The summed E-state index contributed by atoms with van der Waals surface area (Å²) >= 11 is 5.62. The standard InChI is InChI=1S/C16H15BrN4S/c17-15-11-3-1-2-4-13(11)22-14(15)9-21-6-5-12-10(8-21)7-19-16(18)20-12/h1-4,7H,5-6,8-9H2,(H2,18,19,20). The largest absolute Gasteiger partial charge is 0.368 e. The van der Waals surface area contributed by atoms with Crippen LogP contribution in [0.4, 0.5) is 5.95 Å². The second kappa shape index (κ2) is 5.61. The molecule has 1 aliphatic rings. The molecule has 0 bridgehead atoms. The number of nitrogens with zero attached hydrogens (tertiary/aromatic N) is 3. The van der Waals surface area contributed by atoms with Crippen molar-refractivity contribution in [2.45, 2.75) is 19.5 Å². The summed E-state index contributed by atoms with van der Waals surface area (Å²) in [6, 6.07) is 8.52. The predicted octanol–water partition coefficient (Wildman–Crippen LogP) is 3.59. The SMILES string of the molecule is Nc1ncc2c(n1)CCN(Cc1sc3ccccc3c1Br)C2. The van der Waals surface area contributed by atoms with Crippen LogP contribution in [-0.4, -0.2) is 21.4 Å². The van der Waals surface area contributed by atoms with Crippen molar-refractivity contribution in [3.8, 4) is 0 Å². The molecule has 2 aromatic heterocycles. The lowest BCUT2D eigenvalue weighted by molar-refractivity contribution is 0.245. The summed E-state index contributed by atoms with van der Waals surface area (Å²) in [5.41, 5.74) is 7.95. The Balaban J connectivity index is 1.59. The van der Waals surface area contributed by atoms with Crippen LogP contribution in [0.3, 0.4) is 0 Å². The molecule has 4 rings (SSSR count). The van der Waals surface area contributed by atoms with E-state index in [0.29, 0.717) is 5.95 Å². The van der Waals surface area contributed by atoms with Gasteiger partial charge in [0, 0.05) is 57.3 Å². The van der Waals surface area contributed by atoms with Crippen LogP contribution < -0.4 is 5.73 Å². The molecule has 0 fully saturated rings. The number of benzene rings is 1. The second-order valence-electron chi connectivity index (χ2n) is 5.50. The summed E-state index contributed by atoms with van der Waals surface area (Å²) in [5.74, 6) is 0.374. The number of anilines is 1. The molecule has 22 heavy (non-hydrogen) atoms. The smallest absolute Gasteiger partial charge is 0.220 e. The van der Waals surface area contributed by atoms with E-state index >= 15 is 0 Å². The highest BCUT2D eigenvalue weighted by atomic mass is 79.9. The van der Waals surface area contributed by atoms with E-state index in [4.69, 9.17) is 5.73 Å². The van der Waals surface area contributed by atoms with Gasteiger partial charge in [-0.25, -0.2) is 9.97 Å². The fourth-order valence-electron chi connectivity index (χ4n) is 2.89. The summed E-state index contributed by atoms with van der Waals surface area (Å²) in [5, 5.41) is 1.30. The molecule has 0 unspecified atom stereocenters. The third-order valence-electron chi connectivity index (χ3n) is 4.00. The Bertz CT molecular complexity index is 845. The molecule has 0 atom stereocenters. The first-order valence-electron chi connectivity index (χ1n) is 7.19. The second-order valence-corrected chi connectivity index (χ2v) is 7.43. The van der Waals surface area contributed by atoms with E-state index in [1.165, 1.54) is 25.0 Å². The Morgan fingerprint density at radius 2 is 2.18 bits per heavy atom. The maximum Gasteiger partial charge on any atom is 0.220 e. The van der Waals surface area contributed by atoms with Crippen molar-refractivity contribution >= 4 is 43.3 Å². The number of rotatable bonds is 2. The Hall–Kier alpha value is -1.50. The molecule has 0 radical (unpaired) electrons. The minimum Gasteiger partial charge on any atom is -0.368 e. The average molecular weight is 375 g/mol. The number of halogens is 1. The van der Waals surface area contributed by atoms with Gasteiger partial charge in [0.25, 0.3) is 0 Å². The molecule has 4 nitrogen and oxygen atoms in total. The zero-order valence-corrected chi connectivity index (χ0v) is 14.3. The molecule has 0 saturated heterocycles. The minimum absolute atomic E-state index is 0.374. The molecule has 0 aliphatic carbocycles. The van der Waals surface area contributed by atoms with Gasteiger partial charge in [-0.05, 0) is 22.0 Å². The minimum atomic E-state index is 0.374. The number of fused-ring (bicyclic) bond motifs is 2. The molecule has 1 aliphatic heterocycles. The van der Waals surface area contributed by atoms with Crippen molar-refractivity contribution < 1.29 is 0 Å². The maximum absolute atomic E-state index is 5.66. The predicted molar refractivity (Wildman–Crippen MR) is 93.8 cm³/mol. The molecule has 6 heteroatoms. The molecule has 3 aromatic rings. The summed E-state index contributed by atoms with van der Waals surface area (Å²) < 4.78 is 2.56. The van der Waals surface area contributed by atoms with Crippen LogP contribution in [0.15, 0.2) is 34.9 Å². The Kier molecular flexibility index (Phi) is 3.60. The molecule has 0 amide bonds. The number of nitrogen functional groups attached to an aromatic ring is 1. The van der Waals surface area contributed by atoms with Gasteiger partial charge >= 0.3 is 0 Å². The normalized spacial score (nSPS) is 15.1. The van der Waals surface area contributed by atoms with Crippen molar-refractivity contribution in [1.82, 2.24) is 14.9 Å². The van der Waals surface area contributed by atoms with Crippen LogP contribution in [0, 0.1) is 0 Å². The van der Waals surface area contributed by atoms with Crippen LogP contribution in [-0.2, 0) is 19.5 Å². The van der Waals surface area contributed by atoms with E-state index in [9.17, 15) is 0 Å². The summed E-state index contributed by atoms with van der Waals surface area (Å²) in [6.45, 7) is 2.84. The van der Waals surface area contributed by atoms with Gasteiger partial charge in [0.1, 0.15) is 0 Å². The first kappa shape index (κ1) is 14.1. The van der Waals surface area contributed by atoms with Crippen molar-refractivity contribution in [2.75, 3.05) is 12.3 Å². The highest BCUT2D eigenvalue weighted by molar-refractivity contribution is 9.10. The number of nitrogens with two attached hydrogens (primary N) is 1. The Morgan fingerprint density at radius 3 is 3.05 bits per heavy atom. The van der Waals surface area contributed by atoms with E-state index in [2.05, 4.69) is 55.1 Å².